The van der Waals surface area contributed by atoms with Crippen LogP contribution in [0, 0.1) is 0 Å². The molecular weight excluding hydrogens is 378 g/mol. The Morgan fingerprint density at radius 3 is 2.63 bits per heavy atom. The zero-order valence-electron chi connectivity index (χ0n) is 17.2. The van der Waals surface area contributed by atoms with Gasteiger partial charge in [0.15, 0.2) is 0 Å². The van der Waals surface area contributed by atoms with Crippen molar-refractivity contribution < 1.29 is 15.3 Å². The maximum absolute atomic E-state index is 10.6. The Kier molecular flexibility index (Phi) is 4.24. The molecule has 4 N–H and O–H groups in total. The zero-order valence-corrected chi connectivity index (χ0v) is 17.2. The van der Waals surface area contributed by atoms with Gasteiger partial charge in [-0.2, -0.15) is 0 Å². The van der Waals surface area contributed by atoms with E-state index >= 15 is 0 Å². The first-order chi connectivity index (χ1) is 14.5. The Morgan fingerprint density at radius 2 is 1.83 bits per heavy atom. The van der Waals surface area contributed by atoms with E-state index in [1.54, 1.807) is 6.07 Å². The SMILES string of the molecule is CCc1cc(-c2[nH]nc(O)c2-c2ccc3c(c2)c2c(n3C)CCCC2)c(O)cc1O. The predicted octanol–water partition coefficient (Wildman–Crippen LogP) is 4.79. The van der Waals surface area contributed by atoms with Crippen molar-refractivity contribution in [3.63, 3.8) is 0 Å². The molecule has 0 amide bonds. The van der Waals surface area contributed by atoms with Crippen molar-refractivity contribution in [3.05, 3.63) is 47.2 Å². The lowest BCUT2D eigenvalue weighted by Crippen LogP contribution is -2.04. The molecule has 0 spiro atoms. The van der Waals surface area contributed by atoms with Crippen LogP contribution in [0.5, 0.6) is 17.4 Å². The minimum absolute atomic E-state index is 0.0568. The number of H-pyrrole nitrogens is 1. The van der Waals surface area contributed by atoms with Crippen molar-refractivity contribution in [2.24, 2.45) is 7.05 Å². The van der Waals surface area contributed by atoms with E-state index in [1.807, 2.05) is 13.0 Å². The number of benzene rings is 2. The second-order valence-corrected chi connectivity index (χ2v) is 8.07. The maximum Gasteiger partial charge on any atom is 0.238 e. The zero-order chi connectivity index (χ0) is 21.0. The van der Waals surface area contributed by atoms with E-state index in [0.717, 1.165) is 24.0 Å². The van der Waals surface area contributed by atoms with Crippen molar-refractivity contribution in [1.29, 1.82) is 0 Å². The van der Waals surface area contributed by atoms with Gasteiger partial charge >= 0.3 is 0 Å². The van der Waals surface area contributed by atoms with Crippen LogP contribution in [0.3, 0.4) is 0 Å². The number of nitrogens with one attached hydrogen (secondary N) is 1. The number of aromatic nitrogens is 3. The topological polar surface area (TPSA) is 94.3 Å². The van der Waals surface area contributed by atoms with Gasteiger partial charge in [-0.05, 0) is 67.0 Å². The van der Waals surface area contributed by atoms with Crippen molar-refractivity contribution in [2.45, 2.75) is 39.0 Å². The van der Waals surface area contributed by atoms with Crippen LogP contribution in [-0.2, 0) is 26.3 Å². The molecule has 0 saturated heterocycles. The number of aromatic hydroxyl groups is 3. The number of aromatic amines is 1. The Labute approximate surface area is 174 Å². The van der Waals surface area contributed by atoms with E-state index < -0.39 is 0 Å². The molecule has 6 heteroatoms. The van der Waals surface area contributed by atoms with Crippen LogP contribution in [0.25, 0.3) is 33.3 Å². The molecule has 1 aliphatic rings. The molecule has 0 fully saturated rings. The summed E-state index contributed by atoms with van der Waals surface area (Å²) < 4.78 is 2.28. The number of hydrogen-bond donors (Lipinski definition) is 4. The van der Waals surface area contributed by atoms with Gasteiger partial charge in [-0.3, -0.25) is 5.10 Å². The molecule has 0 unspecified atom stereocenters. The van der Waals surface area contributed by atoms with E-state index in [0.29, 0.717) is 23.2 Å². The highest BCUT2D eigenvalue weighted by Crippen LogP contribution is 2.43. The third-order valence-corrected chi connectivity index (χ3v) is 6.41. The molecule has 2 aromatic heterocycles. The first kappa shape index (κ1) is 18.6. The lowest BCUT2D eigenvalue weighted by atomic mass is 9.93. The molecule has 0 radical (unpaired) electrons. The van der Waals surface area contributed by atoms with Gasteiger partial charge in [-0.25, -0.2) is 0 Å². The van der Waals surface area contributed by atoms with Crippen molar-refractivity contribution in [1.82, 2.24) is 14.8 Å². The second kappa shape index (κ2) is 6.83. The van der Waals surface area contributed by atoms with E-state index in [4.69, 9.17) is 0 Å². The lowest BCUT2D eigenvalue weighted by Gasteiger charge is -2.13. The Morgan fingerprint density at radius 1 is 1.03 bits per heavy atom. The highest BCUT2D eigenvalue weighted by atomic mass is 16.3. The van der Waals surface area contributed by atoms with Crippen molar-refractivity contribution >= 4 is 10.9 Å². The van der Waals surface area contributed by atoms with Crippen LogP contribution in [0.2, 0.25) is 0 Å². The number of hydrogen-bond acceptors (Lipinski definition) is 4. The smallest absolute Gasteiger partial charge is 0.238 e. The van der Waals surface area contributed by atoms with Gasteiger partial charge in [0.2, 0.25) is 5.88 Å². The maximum atomic E-state index is 10.6. The quantitative estimate of drug-likeness (QED) is 0.395. The fourth-order valence-corrected chi connectivity index (χ4v) is 4.83. The fourth-order valence-electron chi connectivity index (χ4n) is 4.83. The first-order valence-corrected chi connectivity index (χ1v) is 10.4. The summed E-state index contributed by atoms with van der Waals surface area (Å²) in [4.78, 5) is 0. The van der Waals surface area contributed by atoms with E-state index in [-0.39, 0.29) is 17.4 Å². The molecule has 0 saturated carbocycles. The van der Waals surface area contributed by atoms with Gasteiger partial charge in [0.1, 0.15) is 11.5 Å². The third-order valence-electron chi connectivity index (χ3n) is 6.41. The van der Waals surface area contributed by atoms with Gasteiger partial charge in [0, 0.05) is 35.3 Å². The molecule has 5 rings (SSSR count). The average molecular weight is 403 g/mol. The molecule has 0 aliphatic heterocycles. The van der Waals surface area contributed by atoms with Crippen LogP contribution in [0.1, 0.15) is 36.6 Å². The number of rotatable bonds is 3. The summed E-state index contributed by atoms with van der Waals surface area (Å²) in [6.45, 7) is 1.94. The molecule has 30 heavy (non-hydrogen) atoms. The highest BCUT2D eigenvalue weighted by Gasteiger charge is 2.23. The fraction of sp³-hybridized carbons (Fsp3) is 0.292. The summed E-state index contributed by atoms with van der Waals surface area (Å²) in [5, 5.41) is 39.2. The number of fused-ring (bicyclic) bond motifs is 3. The van der Waals surface area contributed by atoms with Crippen LogP contribution in [0.4, 0.5) is 0 Å². The number of phenolic OH excluding ortho intramolecular Hbond substituents is 2. The van der Waals surface area contributed by atoms with E-state index in [2.05, 4.69) is 33.9 Å². The molecule has 1 aliphatic carbocycles. The summed E-state index contributed by atoms with van der Waals surface area (Å²) in [5.41, 5.74) is 7.12. The van der Waals surface area contributed by atoms with E-state index in [9.17, 15) is 15.3 Å². The lowest BCUT2D eigenvalue weighted by molar-refractivity contribution is 0.447. The van der Waals surface area contributed by atoms with Crippen LogP contribution < -0.4 is 0 Å². The minimum Gasteiger partial charge on any atom is -0.508 e. The monoisotopic (exact) mass is 403 g/mol. The second-order valence-electron chi connectivity index (χ2n) is 8.07. The van der Waals surface area contributed by atoms with E-state index in [1.165, 1.54) is 41.1 Å². The Balaban J connectivity index is 1.72. The minimum atomic E-state index is -0.111. The molecule has 154 valence electrons. The summed E-state index contributed by atoms with van der Waals surface area (Å²) >= 11 is 0. The van der Waals surface area contributed by atoms with Gasteiger partial charge in [0.05, 0.1) is 11.3 Å². The average Bonchev–Trinajstić information content (AvgIpc) is 3.26. The summed E-state index contributed by atoms with van der Waals surface area (Å²) in [6, 6.07) is 9.27. The summed E-state index contributed by atoms with van der Waals surface area (Å²) in [6.07, 6.45) is 5.20. The first-order valence-electron chi connectivity index (χ1n) is 10.4. The number of phenols is 2. The summed E-state index contributed by atoms with van der Waals surface area (Å²) in [7, 11) is 2.12. The van der Waals surface area contributed by atoms with Crippen LogP contribution in [0.15, 0.2) is 30.3 Å². The molecule has 2 heterocycles. The van der Waals surface area contributed by atoms with Gasteiger partial charge in [-0.1, -0.05) is 13.0 Å². The number of aryl methyl sites for hydroxylation is 3. The third kappa shape index (κ3) is 2.67. The van der Waals surface area contributed by atoms with Crippen LogP contribution in [-0.4, -0.2) is 30.1 Å². The summed E-state index contributed by atoms with van der Waals surface area (Å²) in [5.74, 6) is -0.117. The predicted molar refractivity (Wildman–Crippen MR) is 117 cm³/mol. The molecule has 2 aromatic carbocycles. The standard InChI is InChI=1S/C24H25N3O3/c1-3-13-10-17(21(29)12-20(13)28)23-22(24(30)26-25-23)14-8-9-19-16(11-14)15-6-4-5-7-18(15)27(19)2/h8-12,28-29H,3-7H2,1-2H3,(H2,25,26,30). The molecule has 0 bridgehead atoms. The van der Waals surface area contributed by atoms with Gasteiger partial charge in [-0.15, -0.1) is 5.10 Å². The van der Waals surface area contributed by atoms with Gasteiger partial charge < -0.3 is 19.9 Å². The Hall–Kier alpha value is -3.41. The van der Waals surface area contributed by atoms with Crippen LogP contribution >= 0.6 is 0 Å². The Bertz CT molecular complexity index is 1280. The highest BCUT2D eigenvalue weighted by molar-refractivity contribution is 5.94. The van der Waals surface area contributed by atoms with Gasteiger partial charge in [0.25, 0.3) is 0 Å². The molecule has 6 nitrogen and oxygen atoms in total. The normalized spacial score (nSPS) is 13.7. The molecule has 0 atom stereocenters. The number of nitrogens with zero attached hydrogens (tertiary/aromatic N) is 2. The van der Waals surface area contributed by atoms with Crippen molar-refractivity contribution in [2.75, 3.05) is 0 Å². The largest absolute Gasteiger partial charge is 0.508 e. The van der Waals surface area contributed by atoms with Crippen molar-refractivity contribution in [3.8, 4) is 39.8 Å². The molecular formula is C24H25N3O3. The molecule has 4 aromatic rings.